The zero-order valence-electron chi connectivity index (χ0n) is 10.9. The molecule has 0 bridgehead atoms. The quantitative estimate of drug-likeness (QED) is 0.879. The largest absolute Gasteiger partial charge is 0.392 e. The Morgan fingerprint density at radius 1 is 1.28 bits per heavy atom. The van der Waals surface area contributed by atoms with Crippen LogP contribution >= 0.6 is 11.6 Å². The molecule has 3 heteroatoms. The Morgan fingerprint density at radius 3 is 2.33 bits per heavy atom. The lowest BCUT2D eigenvalue weighted by molar-refractivity contribution is 0.0213. The fourth-order valence-electron chi connectivity index (χ4n) is 3.12. The minimum absolute atomic E-state index is 0.00497. The van der Waals surface area contributed by atoms with Gasteiger partial charge in [0.15, 0.2) is 0 Å². The lowest BCUT2D eigenvalue weighted by Gasteiger charge is -2.35. The summed E-state index contributed by atoms with van der Waals surface area (Å²) in [5, 5.41) is 11.4. The van der Waals surface area contributed by atoms with Crippen molar-refractivity contribution in [2.45, 2.75) is 44.6 Å². The van der Waals surface area contributed by atoms with Crippen molar-refractivity contribution in [1.82, 2.24) is 0 Å². The predicted octanol–water partition coefficient (Wildman–Crippen LogP) is 3.32. The van der Waals surface area contributed by atoms with Gasteiger partial charge in [0.05, 0.1) is 6.10 Å². The standard InChI is InChI=1S/C15H22ClNO/c1-15(8-2-3-9-15)14(18)13(10-17)11-4-6-12(16)7-5-11/h4-7,13-14,18H,2-3,8-10,17H2,1H3. The van der Waals surface area contributed by atoms with Gasteiger partial charge in [-0.15, -0.1) is 0 Å². The molecule has 0 heterocycles. The van der Waals surface area contributed by atoms with Gasteiger partial charge in [0, 0.05) is 17.5 Å². The molecule has 0 aromatic heterocycles. The first kappa shape index (κ1) is 13.9. The van der Waals surface area contributed by atoms with Gasteiger partial charge in [-0.3, -0.25) is 0 Å². The van der Waals surface area contributed by atoms with E-state index in [9.17, 15) is 5.11 Å². The van der Waals surface area contributed by atoms with Gasteiger partial charge in [-0.05, 0) is 36.0 Å². The van der Waals surface area contributed by atoms with Crippen molar-refractivity contribution in [2.75, 3.05) is 6.54 Å². The van der Waals surface area contributed by atoms with Gasteiger partial charge < -0.3 is 10.8 Å². The van der Waals surface area contributed by atoms with Crippen LogP contribution in [0.3, 0.4) is 0 Å². The Hall–Kier alpha value is -0.570. The normalized spacial score (nSPS) is 21.8. The van der Waals surface area contributed by atoms with Crippen LogP contribution in [0.2, 0.25) is 5.02 Å². The van der Waals surface area contributed by atoms with E-state index in [0.717, 1.165) is 23.4 Å². The molecule has 2 nitrogen and oxygen atoms in total. The molecule has 0 radical (unpaired) electrons. The molecule has 100 valence electrons. The maximum absolute atomic E-state index is 10.7. The lowest BCUT2D eigenvalue weighted by Crippen LogP contribution is -2.38. The Morgan fingerprint density at radius 2 is 1.83 bits per heavy atom. The van der Waals surface area contributed by atoms with Gasteiger partial charge in [-0.25, -0.2) is 0 Å². The van der Waals surface area contributed by atoms with Crippen LogP contribution in [0.1, 0.15) is 44.1 Å². The molecule has 1 aromatic rings. The lowest BCUT2D eigenvalue weighted by atomic mass is 9.74. The Balaban J connectivity index is 2.20. The highest BCUT2D eigenvalue weighted by atomic mass is 35.5. The van der Waals surface area contributed by atoms with Crippen molar-refractivity contribution in [3.05, 3.63) is 34.9 Å². The molecule has 1 aliphatic carbocycles. The van der Waals surface area contributed by atoms with Crippen LogP contribution < -0.4 is 5.73 Å². The van der Waals surface area contributed by atoms with Crippen molar-refractivity contribution < 1.29 is 5.11 Å². The molecule has 0 amide bonds. The summed E-state index contributed by atoms with van der Waals surface area (Å²) in [6, 6.07) is 7.68. The molecular formula is C15H22ClNO. The molecule has 1 saturated carbocycles. The fourth-order valence-corrected chi connectivity index (χ4v) is 3.25. The van der Waals surface area contributed by atoms with Gasteiger partial charge in [0.1, 0.15) is 0 Å². The topological polar surface area (TPSA) is 46.2 Å². The summed E-state index contributed by atoms with van der Waals surface area (Å²) in [7, 11) is 0. The molecule has 1 aliphatic rings. The second-order valence-corrected chi connectivity index (χ2v) is 6.14. The molecular weight excluding hydrogens is 246 g/mol. The minimum Gasteiger partial charge on any atom is -0.392 e. The van der Waals surface area contributed by atoms with E-state index in [0.29, 0.717) is 6.54 Å². The fraction of sp³-hybridized carbons (Fsp3) is 0.600. The molecule has 2 rings (SSSR count). The zero-order valence-corrected chi connectivity index (χ0v) is 11.7. The van der Waals surface area contributed by atoms with Gasteiger partial charge in [0.2, 0.25) is 0 Å². The highest BCUT2D eigenvalue weighted by Crippen LogP contribution is 2.44. The summed E-state index contributed by atoms with van der Waals surface area (Å²) < 4.78 is 0. The summed E-state index contributed by atoms with van der Waals surface area (Å²) in [6.45, 7) is 2.65. The Labute approximate surface area is 114 Å². The van der Waals surface area contributed by atoms with Crippen molar-refractivity contribution in [3.8, 4) is 0 Å². The highest BCUT2D eigenvalue weighted by Gasteiger charge is 2.40. The van der Waals surface area contributed by atoms with Crippen LogP contribution in [0.4, 0.5) is 0 Å². The first-order valence-electron chi connectivity index (χ1n) is 6.70. The van der Waals surface area contributed by atoms with Crippen molar-refractivity contribution in [1.29, 1.82) is 0 Å². The monoisotopic (exact) mass is 267 g/mol. The van der Waals surface area contributed by atoms with Crippen LogP contribution in [-0.2, 0) is 0 Å². The third-order valence-corrected chi connectivity index (χ3v) is 4.65. The molecule has 2 unspecified atom stereocenters. The Kier molecular flexibility index (Phi) is 4.31. The maximum atomic E-state index is 10.7. The summed E-state index contributed by atoms with van der Waals surface area (Å²) >= 11 is 5.90. The van der Waals surface area contributed by atoms with Crippen molar-refractivity contribution >= 4 is 11.6 Å². The maximum Gasteiger partial charge on any atom is 0.0674 e. The molecule has 0 saturated heterocycles. The molecule has 1 aromatic carbocycles. The smallest absolute Gasteiger partial charge is 0.0674 e. The first-order valence-corrected chi connectivity index (χ1v) is 7.08. The van der Waals surface area contributed by atoms with E-state index in [2.05, 4.69) is 6.92 Å². The molecule has 18 heavy (non-hydrogen) atoms. The van der Waals surface area contributed by atoms with Crippen LogP contribution in [0.15, 0.2) is 24.3 Å². The highest BCUT2D eigenvalue weighted by molar-refractivity contribution is 6.30. The van der Waals surface area contributed by atoms with Crippen molar-refractivity contribution in [2.24, 2.45) is 11.1 Å². The van der Waals surface area contributed by atoms with Crippen LogP contribution in [0, 0.1) is 5.41 Å². The average molecular weight is 268 g/mol. The van der Waals surface area contributed by atoms with E-state index >= 15 is 0 Å². The summed E-state index contributed by atoms with van der Waals surface area (Å²) in [5.41, 5.74) is 6.98. The van der Waals surface area contributed by atoms with E-state index in [1.807, 2.05) is 24.3 Å². The van der Waals surface area contributed by atoms with E-state index in [4.69, 9.17) is 17.3 Å². The number of halogens is 1. The van der Waals surface area contributed by atoms with Gasteiger partial charge in [0.25, 0.3) is 0 Å². The van der Waals surface area contributed by atoms with Crippen LogP contribution in [0.25, 0.3) is 0 Å². The summed E-state index contributed by atoms with van der Waals surface area (Å²) in [4.78, 5) is 0. The number of hydrogen-bond donors (Lipinski definition) is 2. The summed E-state index contributed by atoms with van der Waals surface area (Å²) in [6.07, 6.45) is 4.25. The molecule has 3 N–H and O–H groups in total. The Bertz CT molecular complexity index is 384. The number of nitrogens with two attached hydrogens (primary N) is 1. The number of aliphatic hydroxyl groups excluding tert-OH is 1. The van der Waals surface area contributed by atoms with Gasteiger partial charge in [-0.1, -0.05) is 43.5 Å². The number of rotatable bonds is 4. The number of aliphatic hydroxyl groups is 1. The molecule has 0 spiro atoms. The SMILES string of the molecule is CC1(C(O)C(CN)c2ccc(Cl)cc2)CCCC1. The molecule has 1 fully saturated rings. The van der Waals surface area contributed by atoms with Crippen molar-refractivity contribution in [3.63, 3.8) is 0 Å². The number of hydrogen-bond acceptors (Lipinski definition) is 2. The molecule has 0 aliphatic heterocycles. The third-order valence-electron chi connectivity index (χ3n) is 4.39. The van der Waals surface area contributed by atoms with E-state index in [-0.39, 0.29) is 17.4 Å². The summed E-state index contributed by atoms with van der Waals surface area (Å²) in [5.74, 6) is 0.00497. The van der Waals surface area contributed by atoms with E-state index in [1.54, 1.807) is 0 Å². The van der Waals surface area contributed by atoms with Gasteiger partial charge in [-0.2, -0.15) is 0 Å². The molecule has 2 atom stereocenters. The van der Waals surface area contributed by atoms with E-state index < -0.39 is 0 Å². The average Bonchev–Trinajstić information content (AvgIpc) is 2.81. The minimum atomic E-state index is -0.369. The van der Waals surface area contributed by atoms with Crippen LogP contribution in [-0.4, -0.2) is 17.8 Å². The first-order chi connectivity index (χ1) is 8.57. The third kappa shape index (κ3) is 2.71. The second kappa shape index (κ2) is 5.60. The predicted molar refractivity (Wildman–Crippen MR) is 75.8 cm³/mol. The van der Waals surface area contributed by atoms with Crippen LogP contribution in [0.5, 0.6) is 0 Å². The van der Waals surface area contributed by atoms with Gasteiger partial charge >= 0.3 is 0 Å². The van der Waals surface area contributed by atoms with E-state index in [1.165, 1.54) is 12.8 Å². The zero-order chi connectivity index (χ0) is 13.2. The second-order valence-electron chi connectivity index (χ2n) is 5.70. The number of benzene rings is 1.